The molecule has 0 aliphatic heterocycles. The third-order valence-corrected chi connectivity index (χ3v) is 2.74. The molecule has 0 aromatic heterocycles. The lowest BCUT2D eigenvalue weighted by Gasteiger charge is -2.07. The summed E-state index contributed by atoms with van der Waals surface area (Å²) in [5, 5.41) is 0. The first-order valence-electron chi connectivity index (χ1n) is 5.03. The van der Waals surface area contributed by atoms with Crippen molar-refractivity contribution in [1.29, 1.82) is 0 Å². The molecule has 1 aromatic carbocycles. The van der Waals surface area contributed by atoms with Crippen LogP contribution in [0.1, 0.15) is 18.1 Å². The second kappa shape index (κ2) is 5.08. The van der Waals surface area contributed by atoms with Crippen LogP contribution < -0.4 is 0 Å². The van der Waals surface area contributed by atoms with Gasteiger partial charge in [-0.25, -0.2) is 4.58 Å². The first-order valence-corrected chi connectivity index (χ1v) is 5.44. The Labute approximate surface area is 97.6 Å². The van der Waals surface area contributed by atoms with Crippen LogP contribution in [-0.2, 0) is 12.6 Å². The van der Waals surface area contributed by atoms with Gasteiger partial charge in [0.2, 0.25) is 5.69 Å². The molecule has 0 aliphatic rings. The van der Waals surface area contributed by atoms with Crippen molar-refractivity contribution in [1.82, 2.24) is 0 Å². The SMILES string of the molecule is C/C=C(\[S-])C=[N+](C)c1c(C)cccc1C. The Morgan fingerprint density at radius 2 is 1.80 bits per heavy atom. The van der Waals surface area contributed by atoms with Gasteiger partial charge in [-0.1, -0.05) is 18.2 Å². The van der Waals surface area contributed by atoms with Crippen LogP contribution in [-0.4, -0.2) is 17.8 Å². The number of hydrogen-bond acceptors (Lipinski definition) is 1. The van der Waals surface area contributed by atoms with Crippen molar-refractivity contribution in [3.05, 3.63) is 40.3 Å². The zero-order valence-corrected chi connectivity index (χ0v) is 10.6. The summed E-state index contributed by atoms with van der Waals surface area (Å²) in [6.07, 6.45) is 3.91. The van der Waals surface area contributed by atoms with Crippen LogP contribution in [0.15, 0.2) is 29.2 Å². The van der Waals surface area contributed by atoms with Gasteiger partial charge in [-0.2, -0.15) is 0 Å². The van der Waals surface area contributed by atoms with Crippen LogP contribution in [0.3, 0.4) is 0 Å². The highest BCUT2D eigenvalue weighted by atomic mass is 32.1. The summed E-state index contributed by atoms with van der Waals surface area (Å²) in [5.74, 6) is 0. The van der Waals surface area contributed by atoms with Crippen LogP contribution >= 0.6 is 0 Å². The van der Waals surface area contributed by atoms with E-state index in [1.165, 1.54) is 16.8 Å². The van der Waals surface area contributed by atoms with Gasteiger partial charge in [0.25, 0.3) is 0 Å². The summed E-state index contributed by atoms with van der Waals surface area (Å²) < 4.78 is 2.09. The third kappa shape index (κ3) is 2.90. The van der Waals surface area contributed by atoms with Crippen molar-refractivity contribution in [2.45, 2.75) is 20.8 Å². The fourth-order valence-corrected chi connectivity index (χ4v) is 1.85. The smallest absolute Gasteiger partial charge is 0.210 e. The Balaban J connectivity index is 3.22. The number of aryl methyl sites for hydroxylation is 2. The van der Waals surface area contributed by atoms with E-state index < -0.39 is 0 Å². The first kappa shape index (κ1) is 11.9. The van der Waals surface area contributed by atoms with Crippen molar-refractivity contribution in [3.63, 3.8) is 0 Å². The van der Waals surface area contributed by atoms with Gasteiger partial charge < -0.3 is 12.6 Å². The van der Waals surface area contributed by atoms with E-state index in [1.807, 2.05) is 26.3 Å². The van der Waals surface area contributed by atoms with Gasteiger partial charge in [0, 0.05) is 11.1 Å². The zero-order valence-electron chi connectivity index (χ0n) is 9.74. The Bertz CT molecular complexity index is 396. The predicted molar refractivity (Wildman–Crippen MR) is 68.9 cm³/mol. The monoisotopic (exact) mass is 219 g/mol. The quantitative estimate of drug-likeness (QED) is 0.419. The Hall–Kier alpha value is -1.15. The molecule has 0 unspecified atom stereocenters. The minimum Gasteiger partial charge on any atom is -0.774 e. The molecule has 1 aromatic rings. The molecule has 1 rings (SSSR count). The molecule has 0 amide bonds. The average molecular weight is 219 g/mol. The number of benzene rings is 1. The van der Waals surface area contributed by atoms with E-state index in [1.54, 1.807) is 0 Å². The maximum absolute atomic E-state index is 5.17. The van der Waals surface area contributed by atoms with Crippen molar-refractivity contribution < 1.29 is 4.58 Å². The van der Waals surface area contributed by atoms with Crippen LogP contribution in [0.2, 0.25) is 0 Å². The molecular weight excluding hydrogens is 202 g/mol. The van der Waals surface area contributed by atoms with Crippen LogP contribution in [0.25, 0.3) is 0 Å². The molecule has 0 heterocycles. The maximum atomic E-state index is 5.17. The topological polar surface area (TPSA) is 3.01 Å². The summed E-state index contributed by atoms with van der Waals surface area (Å²) in [5.41, 5.74) is 3.78. The normalized spacial score (nSPS) is 13.1. The molecule has 0 radical (unpaired) electrons. The molecule has 2 heteroatoms. The van der Waals surface area contributed by atoms with E-state index in [4.69, 9.17) is 12.6 Å². The highest BCUT2D eigenvalue weighted by molar-refractivity contribution is 7.64. The van der Waals surface area contributed by atoms with Gasteiger partial charge >= 0.3 is 0 Å². The highest BCUT2D eigenvalue weighted by Gasteiger charge is 2.09. The van der Waals surface area contributed by atoms with Gasteiger partial charge in [0.15, 0.2) is 0 Å². The fourth-order valence-electron chi connectivity index (χ4n) is 1.69. The molecule has 0 atom stereocenters. The van der Waals surface area contributed by atoms with Crippen molar-refractivity contribution >= 4 is 24.5 Å². The molecule has 0 bridgehead atoms. The van der Waals surface area contributed by atoms with Crippen LogP contribution in [0.4, 0.5) is 5.69 Å². The molecule has 0 saturated carbocycles. The van der Waals surface area contributed by atoms with E-state index in [9.17, 15) is 0 Å². The van der Waals surface area contributed by atoms with Crippen LogP contribution in [0, 0.1) is 13.8 Å². The van der Waals surface area contributed by atoms with Crippen LogP contribution in [0.5, 0.6) is 0 Å². The lowest BCUT2D eigenvalue weighted by molar-refractivity contribution is -0.399. The number of rotatable bonds is 2. The van der Waals surface area contributed by atoms with Crippen molar-refractivity contribution in [3.8, 4) is 0 Å². The largest absolute Gasteiger partial charge is 0.774 e. The fraction of sp³-hybridized carbons (Fsp3) is 0.308. The summed E-state index contributed by atoms with van der Waals surface area (Å²) in [6.45, 7) is 6.19. The first-order chi connectivity index (χ1) is 7.06. The minimum absolute atomic E-state index is 0.861. The molecule has 80 valence electrons. The number of allylic oxidation sites excluding steroid dienone is 2. The summed E-state index contributed by atoms with van der Waals surface area (Å²) >= 11 is 5.17. The number of hydrogen-bond donors (Lipinski definition) is 0. The Morgan fingerprint density at radius 1 is 1.27 bits per heavy atom. The van der Waals surface area contributed by atoms with Gasteiger partial charge in [0.1, 0.15) is 13.3 Å². The Morgan fingerprint density at radius 3 is 2.27 bits per heavy atom. The van der Waals surface area contributed by atoms with E-state index in [0.29, 0.717) is 0 Å². The third-order valence-electron chi connectivity index (χ3n) is 2.40. The maximum Gasteiger partial charge on any atom is 0.210 e. The molecule has 0 spiro atoms. The van der Waals surface area contributed by atoms with Gasteiger partial charge in [-0.15, -0.1) is 11.0 Å². The molecule has 0 aliphatic carbocycles. The predicted octanol–water partition coefficient (Wildman–Crippen LogP) is 3.10. The lowest BCUT2D eigenvalue weighted by Crippen LogP contribution is -2.04. The standard InChI is InChI=1S/C13H17NS/c1-5-12(15)9-14(4)13-10(2)7-6-8-11(13)3/h5-9H,1-4H3/b12-5-,14-9?. The lowest BCUT2D eigenvalue weighted by atomic mass is 10.1. The molecule has 0 N–H and O–H groups in total. The van der Waals surface area contributed by atoms with E-state index in [-0.39, 0.29) is 0 Å². The molecule has 1 nitrogen and oxygen atoms in total. The molecule has 0 fully saturated rings. The molecule has 15 heavy (non-hydrogen) atoms. The van der Waals surface area contributed by atoms with Crippen molar-refractivity contribution in [2.75, 3.05) is 7.05 Å². The second-order valence-electron chi connectivity index (χ2n) is 3.67. The molecule has 0 saturated heterocycles. The van der Waals surface area contributed by atoms with E-state index >= 15 is 0 Å². The Kier molecular flexibility index (Phi) is 4.04. The second-order valence-corrected chi connectivity index (χ2v) is 4.14. The summed E-state index contributed by atoms with van der Waals surface area (Å²) in [6, 6.07) is 6.31. The average Bonchev–Trinajstić information content (AvgIpc) is 2.17. The van der Waals surface area contributed by atoms with Crippen molar-refractivity contribution in [2.24, 2.45) is 0 Å². The van der Waals surface area contributed by atoms with E-state index in [0.717, 1.165) is 4.91 Å². The van der Waals surface area contributed by atoms with Gasteiger partial charge in [0.05, 0.1) is 0 Å². The van der Waals surface area contributed by atoms with Gasteiger partial charge in [-0.05, 0) is 20.8 Å². The van der Waals surface area contributed by atoms with E-state index in [2.05, 4.69) is 36.6 Å². The number of para-hydroxylation sites is 1. The molecular formula is C13H17NS. The number of nitrogens with zero attached hydrogens (tertiary/aromatic N) is 1. The summed E-state index contributed by atoms with van der Waals surface area (Å²) in [7, 11) is 2.03. The zero-order chi connectivity index (χ0) is 11.4. The minimum atomic E-state index is 0.861. The van der Waals surface area contributed by atoms with Gasteiger partial charge in [-0.3, -0.25) is 0 Å². The summed E-state index contributed by atoms with van der Waals surface area (Å²) in [4.78, 5) is 0.861. The highest BCUT2D eigenvalue weighted by Crippen LogP contribution is 2.21.